The summed E-state index contributed by atoms with van der Waals surface area (Å²) < 4.78 is 11.6. The zero-order valence-corrected chi connectivity index (χ0v) is 18.4. The molecule has 0 saturated heterocycles. The molecule has 0 unspecified atom stereocenters. The Morgan fingerprint density at radius 3 is 2.41 bits per heavy atom. The number of nitrogens with zero attached hydrogens (tertiary/aromatic N) is 1. The predicted octanol–water partition coefficient (Wildman–Crippen LogP) is 3.32. The van der Waals surface area contributed by atoms with Gasteiger partial charge >= 0.3 is 5.97 Å². The molecular weight excluding hydrogens is 462 g/mol. The number of carbonyl (C=O) groups is 2. The SMILES string of the molecule is O=C(COC(=O)Cn1[nH]c(=O)c2ccccc2c1=O)Nc1cc(Cl)ccc1Oc1ccccc1. The number of H-pyrrole nitrogens is 1. The van der Waals surface area contributed by atoms with Crippen molar-refractivity contribution < 1.29 is 19.1 Å². The summed E-state index contributed by atoms with van der Waals surface area (Å²) in [5.41, 5.74) is -0.793. The van der Waals surface area contributed by atoms with Gasteiger partial charge in [0.05, 0.1) is 16.5 Å². The van der Waals surface area contributed by atoms with E-state index < -0.39 is 36.1 Å². The number of aromatic amines is 1. The van der Waals surface area contributed by atoms with Gasteiger partial charge in [-0.2, -0.15) is 0 Å². The van der Waals surface area contributed by atoms with Gasteiger partial charge in [0, 0.05) is 5.02 Å². The Balaban J connectivity index is 1.40. The van der Waals surface area contributed by atoms with Crippen molar-refractivity contribution in [3.63, 3.8) is 0 Å². The summed E-state index contributed by atoms with van der Waals surface area (Å²) in [6, 6.07) is 19.9. The van der Waals surface area contributed by atoms with Crippen molar-refractivity contribution in [1.82, 2.24) is 9.78 Å². The summed E-state index contributed by atoms with van der Waals surface area (Å²) in [4.78, 5) is 49.2. The molecule has 1 aromatic heterocycles. The number of ether oxygens (including phenoxy) is 2. The molecule has 0 aliphatic heterocycles. The normalized spacial score (nSPS) is 10.6. The molecule has 0 fully saturated rings. The average molecular weight is 480 g/mol. The van der Waals surface area contributed by atoms with Gasteiger partial charge in [-0.15, -0.1) is 0 Å². The van der Waals surface area contributed by atoms with Crippen LogP contribution in [0.4, 0.5) is 5.69 Å². The highest BCUT2D eigenvalue weighted by Gasteiger charge is 2.14. The highest BCUT2D eigenvalue weighted by atomic mass is 35.5. The number of carbonyl (C=O) groups excluding carboxylic acids is 2. The fourth-order valence-corrected chi connectivity index (χ4v) is 3.34. The topological polar surface area (TPSA) is 119 Å². The lowest BCUT2D eigenvalue weighted by molar-refractivity contribution is -0.148. The number of para-hydroxylation sites is 1. The number of halogens is 1. The zero-order chi connectivity index (χ0) is 24.1. The second kappa shape index (κ2) is 10.1. The Labute approximate surface area is 197 Å². The number of esters is 1. The van der Waals surface area contributed by atoms with E-state index in [1.54, 1.807) is 48.5 Å². The highest BCUT2D eigenvalue weighted by Crippen LogP contribution is 2.31. The molecule has 2 N–H and O–H groups in total. The molecular formula is C24H18ClN3O6. The number of benzene rings is 3. The predicted molar refractivity (Wildman–Crippen MR) is 126 cm³/mol. The summed E-state index contributed by atoms with van der Waals surface area (Å²) in [6.45, 7) is -1.19. The van der Waals surface area contributed by atoms with Gasteiger partial charge in [-0.25, -0.2) is 4.68 Å². The Morgan fingerprint density at radius 1 is 0.941 bits per heavy atom. The first-order valence-corrected chi connectivity index (χ1v) is 10.5. The molecule has 0 bridgehead atoms. The van der Waals surface area contributed by atoms with E-state index in [0.29, 0.717) is 16.5 Å². The van der Waals surface area contributed by atoms with Crippen LogP contribution in [0.15, 0.2) is 82.4 Å². The fraction of sp³-hybridized carbons (Fsp3) is 0.0833. The minimum Gasteiger partial charge on any atom is -0.455 e. The van der Waals surface area contributed by atoms with Crippen LogP contribution in [-0.2, 0) is 20.9 Å². The quantitative estimate of drug-likeness (QED) is 0.392. The van der Waals surface area contributed by atoms with Crippen molar-refractivity contribution >= 4 is 39.9 Å². The molecule has 0 spiro atoms. The van der Waals surface area contributed by atoms with Crippen LogP contribution in [0.1, 0.15) is 0 Å². The first-order valence-electron chi connectivity index (χ1n) is 10.1. The number of hydrogen-bond acceptors (Lipinski definition) is 6. The van der Waals surface area contributed by atoms with Gasteiger partial charge in [0.25, 0.3) is 17.0 Å². The third-order valence-corrected chi connectivity index (χ3v) is 4.96. The van der Waals surface area contributed by atoms with E-state index in [0.717, 1.165) is 4.68 Å². The van der Waals surface area contributed by atoms with Crippen molar-refractivity contribution in [1.29, 1.82) is 0 Å². The first-order chi connectivity index (χ1) is 16.4. The summed E-state index contributed by atoms with van der Waals surface area (Å²) in [5.74, 6) is -0.625. The Bertz CT molecular complexity index is 1480. The number of rotatable bonds is 7. The van der Waals surface area contributed by atoms with Crippen LogP contribution < -0.4 is 21.2 Å². The zero-order valence-electron chi connectivity index (χ0n) is 17.6. The molecule has 172 valence electrons. The standard InChI is InChI=1S/C24H18ClN3O6/c25-15-10-11-20(34-16-6-2-1-3-7-16)19(12-15)26-21(29)14-33-22(30)13-28-24(32)18-9-5-4-8-17(18)23(31)27-28/h1-12H,13-14H2,(H,26,29)(H,27,31). The van der Waals surface area contributed by atoms with Crippen molar-refractivity contribution in [3.05, 3.63) is 98.5 Å². The lowest BCUT2D eigenvalue weighted by atomic mass is 10.2. The third-order valence-electron chi connectivity index (χ3n) is 4.72. The molecule has 10 heteroatoms. The van der Waals surface area contributed by atoms with Gasteiger partial charge in [0.2, 0.25) is 0 Å². The Hall–Kier alpha value is -4.37. The highest BCUT2D eigenvalue weighted by molar-refractivity contribution is 6.31. The Morgan fingerprint density at radius 2 is 1.65 bits per heavy atom. The maximum Gasteiger partial charge on any atom is 0.328 e. The van der Waals surface area contributed by atoms with Crippen LogP contribution >= 0.6 is 11.6 Å². The smallest absolute Gasteiger partial charge is 0.328 e. The van der Waals surface area contributed by atoms with E-state index in [4.69, 9.17) is 21.1 Å². The number of anilines is 1. The van der Waals surface area contributed by atoms with E-state index in [-0.39, 0.29) is 16.5 Å². The van der Waals surface area contributed by atoms with Crippen molar-refractivity contribution in [2.24, 2.45) is 0 Å². The summed E-state index contributed by atoms with van der Waals surface area (Å²) in [7, 11) is 0. The van der Waals surface area contributed by atoms with E-state index in [1.807, 2.05) is 6.07 Å². The van der Waals surface area contributed by atoms with E-state index in [9.17, 15) is 19.2 Å². The number of fused-ring (bicyclic) bond motifs is 1. The van der Waals surface area contributed by atoms with Crippen molar-refractivity contribution in [3.8, 4) is 11.5 Å². The second-order valence-corrected chi connectivity index (χ2v) is 7.58. The lowest BCUT2D eigenvalue weighted by Gasteiger charge is -2.13. The minimum atomic E-state index is -0.880. The monoisotopic (exact) mass is 479 g/mol. The molecule has 4 aromatic rings. The molecule has 0 aliphatic carbocycles. The van der Waals surface area contributed by atoms with Gasteiger partial charge in [-0.1, -0.05) is 41.9 Å². The van der Waals surface area contributed by atoms with Crippen LogP contribution in [0, 0.1) is 0 Å². The van der Waals surface area contributed by atoms with Crippen LogP contribution in [0.5, 0.6) is 11.5 Å². The molecule has 0 saturated carbocycles. The maximum atomic E-state index is 12.5. The largest absolute Gasteiger partial charge is 0.455 e. The fourth-order valence-electron chi connectivity index (χ4n) is 3.17. The van der Waals surface area contributed by atoms with Crippen molar-refractivity contribution in [2.45, 2.75) is 6.54 Å². The van der Waals surface area contributed by atoms with Gasteiger partial charge in [-0.05, 0) is 42.5 Å². The van der Waals surface area contributed by atoms with Crippen molar-refractivity contribution in [2.75, 3.05) is 11.9 Å². The third kappa shape index (κ3) is 5.33. The molecule has 1 amide bonds. The van der Waals surface area contributed by atoms with Crippen LogP contribution in [0.25, 0.3) is 10.8 Å². The van der Waals surface area contributed by atoms with Crippen LogP contribution in [0.3, 0.4) is 0 Å². The molecule has 0 aliphatic rings. The molecule has 4 rings (SSSR count). The van der Waals surface area contributed by atoms with Gasteiger partial charge < -0.3 is 14.8 Å². The first kappa shape index (κ1) is 22.8. The average Bonchev–Trinajstić information content (AvgIpc) is 2.83. The molecule has 1 heterocycles. The van der Waals surface area contributed by atoms with E-state index >= 15 is 0 Å². The summed E-state index contributed by atoms with van der Waals surface area (Å²) in [5, 5.41) is 5.67. The minimum absolute atomic E-state index is 0.170. The van der Waals surface area contributed by atoms with E-state index in [1.165, 1.54) is 18.2 Å². The number of amides is 1. The van der Waals surface area contributed by atoms with Crippen LogP contribution in [-0.4, -0.2) is 28.3 Å². The van der Waals surface area contributed by atoms with Crippen LogP contribution in [0.2, 0.25) is 5.02 Å². The second-order valence-electron chi connectivity index (χ2n) is 7.14. The maximum absolute atomic E-state index is 12.5. The molecule has 9 nitrogen and oxygen atoms in total. The summed E-state index contributed by atoms with van der Waals surface area (Å²) in [6.07, 6.45) is 0. The van der Waals surface area contributed by atoms with E-state index in [2.05, 4.69) is 10.4 Å². The molecule has 34 heavy (non-hydrogen) atoms. The number of nitrogens with one attached hydrogen (secondary N) is 2. The number of aromatic nitrogens is 2. The summed E-state index contributed by atoms with van der Waals surface area (Å²) >= 11 is 6.04. The Kier molecular flexibility index (Phi) is 6.74. The number of hydrogen-bond donors (Lipinski definition) is 2. The van der Waals surface area contributed by atoms with Gasteiger partial charge in [0.1, 0.15) is 12.3 Å². The van der Waals surface area contributed by atoms with Gasteiger partial charge in [-0.3, -0.25) is 24.3 Å². The molecule has 0 atom stereocenters. The molecule has 3 aromatic carbocycles. The van der Waals surface area contributed by atoms with Gasteiger partial charge in [0.15, 0.2) is 12.4 Å². The molecule has 0 radical (unpaired) electrons. The lowest BCUT2D eigenvalue weighted by Crippen LogP contribution is -2.33.